The van der Waals surface area contributed by atoms with Crippen LogP contribution in [0.1, 0.15) is 30.4 Å². The molecule has 0 unspecified atom stereocenters. The molecule has 4 heteroatoms. The summed E-state index contributed by atoms with van der Waals surface area (Å²) in [7, 11) is -0.242. The lowest BCUT2D eigenvalue weighted by atomic mass is 9.81. The molecule has 0 radical (unpaired) electrons. The third-order valence-electron chi connectivity index (χ3n) is 3.54. The van der Waals surface area contributed by atoms with Gasteiger partial charge in [-0.3, -0.25) is 0 Å². The molecule has 0 fully saturated rings. The van der Waals surface area contributed by atoms with Crippen LogP contribution in [-0.4, -0.2) is 7.12 Å². The molecule has 118 valence electrons. The van der Waals surface area contributed by atoms with E-state index in [4.69, 9.17) is 14.6 Å². The highest BCUT2D eigenvalue weighted by atomic mass is 16.6. The summed E-state index contributed by atoms with van der Waals surface area (Å²) in [5, 5.41) is 8.62. The van der Waals surface area contributed by atoms with Crippen LogP contribution in [0, 0.1) is 11.3 Å². The second kappa shape index (κ2) is 10.6. The molecule has 2 rings (SSSR count). The van der Waals surface area contributed by atoms with Crippen LogP contribution in [0.5, 0.6) is 0 Å². The third kappa shape index (κ3) is 7.14. The van der Waals surface area contributed by atoms with Crippen molar-refractivity contribution in [3.8, 4) is 6.07 Å². The summed E-state index contributed by atoms with van der Waals surface area (Å²) in [6, 6.07) is 22.4. The Hall–Kier alpha value is -2.09. The number of benzene rings is 2. The van der Waals surface area contributed by atoms with Gasteiger partial charge in [-0.25, -0.2) is 0 Å². The molecule has 2 aromatic rings. The molecule has 0 N–H and O–H groups in total. The summed E-state index contributed by atoms with van der Waals surface area (Å²) < 4.78 is 11.8. The molecule has 0 bridgehead atoms. The molecule has 3 nitrogen and oxygen atoms in total. The van der Waals surface area contributed by atoms with Gasteiger partial charge in [0.05, 0.1) is 19.3 Å². The van der Waals surface area contributed by atoms with Crippen molar-refractivity contribution in [2.45, 2.75) is 38.8 Å². The Balaban J connectivity index is 1.82. The van der Waals surface area contributed by atoms with Crippen LogP contribution in [0.25, 0.3) is 0 Å². The molecule has 0 aromatic heterocycles. The molecule has 0 heterocycles. The second-order valence-electron chi connectivity index (χ2n) is 5.43. The molecule has 0 atom stereocenters. The Bertz CT molecular complexity index is 540. The molecule has 0 aliphatic carbocycles. The fourth-order valence-electron chi connectivity index (χ4n) is 2.26. The predicted octanol–water partition coefficient (Wildman–Crippen LogP) is 4.60. The molecule has 0 spiro atoms. The fraction of sp³-hybridized carbons (Fsp3) is 0.316. The number of hydrogen-bond donors (Lipinski definition) is 0. The number of nitriles is 1. The van der Waals surface area contributed by atoms with Crippen LogP contribution < -0.4 is 0 Å². The first-order valence-electron chi connectivity index (χ1n) is 8.06. The molecule has 0 amide bonds. The quantitative estimate of drug-likeness (QED) is 0.476. The topological polar surface area (TPSA) is 42.2 Å². The van der Waals surface area contributed by atoms with E-state index in [2.05, 4.69) is 6.07 Å². The van der Waals surface area contributed by atoms with Gasteiger partial charge in [-0.15, -0.1) is 0 Å². The van der Waals surface area contributed by atoms with Gasteiger partial charge in [-0.2, -0.15) is 5.26 Å². The zero-order valence-electron chi connectivity index (χ0n) is 13.4. The Kier molecular flexibility index (Phi) is 7.97. The Morgan fingerprint density at radius 1 is 0.783 bits per heavy atom. The summed E-state index contributed by atoms with van der Waals surface area (Å²) in [6.45, 7) is 1.08. The lowest BCUT2D eigenvalue weighted by Crippen LogP contribution is -2.22. The highest BCUT2D eigenvalue weighted by Gasteiger charge is 2.18. The minimum atomic E-state index is -0.242. The smallest absolute Gasteiger partial charge is 0.407 e. The van der Waals surface area contributed by atoms with E-state index in [1.165, 1.54) is 0 Å². The van der Waals surface area contributed by atoms with Crippen molar-refractivity contribution in [1.29, 1.82) is 5.26 Å². The van der Waals surface area contributed by atoms with Crippen LogP contribution in [0.2, 0.25) is 6.32 Å². The monoisotopic (exact) mass is 307 g/mol. The highest BCUT2D eigenvalue weighted by molar-refractivity contribution is 6.44. The van der Waals surface area contributed by atoms with Gasteiger partial charge in [-0.1, -0.05) is 67.1 Å². The van der Waals surface area contributed by atoms with Gasteiger partial charge >= 0.3 is 7.12 Å². The van der Waals surface area contributed by atoms with Crippen molar-refractivity contribution in [3.05, 3.63) is 71.8 Å². The molecule has 2 aromatic carbocycles. The zero-order chi connectivity index (χ0) is 16.2. The van der Waals surface area contributed by atoms with Crippen molar-refractivity contribution in [2.24, 2.45) is 0 Å². The standard InChI is InChI=1S/C19H22BNO2/c21-15-9-3-8-14-20(22-16-18-10-4-1-5-11-18)23-17-19-12-6-2-7-13-19/h1-2,4-7,10-13H,3,8-9,14,16-17H2. The summed E-state index contributed by atoms with van der Waals surface area (Å²) in [5.74, 6) is 0. The molecule has 0 aliphatic rings. The van der Waals surface area contributed by atoms with Crippen molar-refractivity contribution in [1.82, 2.24) is 0 Å². The first kappa shape index (κ1) is 17.3. The Morgan fingerprint density at radius 2 is 1.30 bits per heavy atom. The van der Waals surface area contributed by atoms with E-state index in [9.17, 15) is 0 Å². The van der Waals surface area contributed by atoms with Gasteiger partial charge < -0.3 is 9.31 Å². The Labute approximate surface area is 139 Å². The van der Waals surface area contributed by atoms with E-state index in [0.717, 1.165) is 30.3 Å². The van der Waals surface area contributed by atoms with E-state index in [1.807, 2.05) is 60.7 Å². The molecular weight excluding hydrogens is 285 g/mol. The van der Waals surface area contributed by atoms with Crippen LogP contribution in [0.4, 0.5) is 0 Å². The Morgan fingerprint density at radius 3 is 1.78 bits per heavy atom. The van der Waals surface area contributed by atoms with E-state index < -0.39 is 0 Å². The van der Waals surface area contributed by atoms with Crippen LogP contribution >= 0.6 is 0 Å². The first-order chi connectivity index (χ1) is 11.4. The minimum absolute atomic E-state index is 0.242. The maximum absolute atomic E-state index is 8.62. The normalized spacial score (nSPS) is 10.2. The maximum Gasteiger partial charge on any atom is 0.457 e. The number of rotatable bonds is 10. The van der Waals surface area contributed by atoms with E-state index in [-0.39, 0.29) is 7.12 Å². The predicted molar refractivity (Wildman–Crippen MR) is 92.5 cm³/mol. The maximum atomic E-state index is 8.62. The summed E-state index contributed by atoms with van der Waals surface area (Å²) in [4.78, 5) is 0. The lowest BCUT2D eigenvalue weighted by molar-refractivity contribution is 0.181. The zero-order valence-corrected chi connectivity index (χ0v) is 13.4. The molecule has 0 saturated carbocycles. The van der Waals surface area contributed by atoms with E-state index >= 15 is 0 Å². The average Bonchev–Trinajstić information content (AvgIpc) is 2.62. The van der Waals surface area contributed by atoms with Crippen LogP contribution in [-0.2, 0) is 22.5 Å². The SMILES string of the molecule is N#CCCCCB(OCc1ccccc1)OCc1ccccc1. The molecule has 0 saturated heterocycles. The van der Waals surface area contributed by atoms with Crippen LogP contribution in [0.3, 0.4) is 0 Å². The highest BCUT2D eigenvalue weighted by Crippen LogP contribution is 2.12. The van der Waals surface area contributed by atoms with Crippen molar-refractivity contribution in [3.63, 3.8) is 0 Å². The fourth-order valence-corrected chi connectivity index (χ4v) is 2.26. The van der Waals surface area contributed by atoms with E-state index in [0.29, 0.717) is 19.6 Å². The number of hydrogen-bond acceptors (Lipinski definition) is 3. The summed E-state index contributed by atoms with van der Waals surface area (Å²) in [5.41, 5.74) is 2.27. The summed E-state index contributed by atoms with van der Waals surface area (Å²) in [6.07, 6.45) is 3.21. The molecular formula is C19H22BNO2. The van der Waals surface area contributed by atoms with Gasteiger partial charge in [-0.05, 0) is 23.9 Å². The van der Waals surface area contributed by atoms with Gasteiger partial charge in [0.15, 0.2) is 0 Å². The van der Waals surface area contributed by atoms with Gasteiger partial charge in [0.2, 0.25) is 0 Å². The first-order valence-corrected chi connectivity index (χ1v) is 8.06. The van der Waals surface area contributed by atoms with Gasteiger partial charge in [0.1, 0.15) is 0 Å². The largest absolute Gasteiger partial charge is 0.457 e. The second-order valence-corrected chi connectivity index (χ2v) is 5.43. The van der Waals surface area contributed by atoms with Crippen molar-refractivity contribution < 1.29 is 9.31 Å². The summed E-state index contributed by atoms with van der Waals surface area (Å²) >= 11 is 0. The van der Waals surface area contributed by atoms with Crippen molar-refractivity contribution >= 4 is 7.12 Å². The lowest BCUT2D eigenvalue weighted by Gasteiger charge is -2.15. The minimum Gasteiger partial charge on any atom is -0.407 e. The number of nitrogens with zero attached hydrogens (tertiary/aromatic N) is 1. The van der Waals surface area contributed by atoms with Crippen LogP contribution in [0.15, 0.2) is 60.7 Å². The average molecular weight is 307 g/mol. The molecule has 23 heavy (non-hydrogen) atoms. The molecule has 0 aliphatic heterocycles. The third-order valence-corrected chi connectivity index (χ3v) is 3.54. The van der Waals surface area contributed by atoms with Gasteiger partial charge in [0.25, 0.3) is 0 Å². The van der Waals surface area contributed by atoms with Crippen molar-refractivity contribution in [2.75, 3.05) is 0 Å². The van der Waals surface area contributed by atoms with Gasteiger partial charge in [0, 0.05) is 6.42 Å². The van der Waals surface area contributed by atoms with E-state index in [1.54, 1.807) is 0 Å². The number of unbranched alkanes of at least 4 members (excludes halogenated alkanes) is 2.